The summed E-state index contributed by atoms with van der Waals surface area (Å²) in [5.41, 5.74) is 1.38. The highest BCUT2D eigenvalue weighted by atomic mass is 35.5. The molecule has 1 aromatic heterocycles. The summed E-state index contributed by atoms with van der Waals surface area (Å²) >= 11 is 5.97. The highest BCUT2D eigenvalue weighted by Gasteiger charge is 2.43. The zero-order valence-electron chi connectivity index (χ0n) is 19.0. The number of ether oxygens (including phenoxy) is 3. The zero-order chi connectivity index (χ0) is 26.6. The molecule has 0 saturated carbocycles. The van der Waals surface area contributed by atoms with Gasteiger partial charge in [0.05, 0.1) is 17.2 Å². The number of para-hydroxylation sites is 2. The molecule has 0 fully saturated rings. The van der Waals surface area contributed by atoms with Gasteiger partial charge in [0, 0.05) is 10.7 Å². The van der Waals surface area contributed by atoms with Crippen molar-refractivity contribution in [1.82, 2.24) is 9.97 Å². The summed E-state index contributed by atoms with van der Waals surface area (Å²) in [5.74, 6) is -0.322. The van der Waals surface area contributed by atoms with Gasteiger partial charge in [-0.2, -0.15) is 17.6 Å². The Balaban J connectivity index is 1.40. The molecule has 7 nitrogen and oxygen atoms in total. The zero-order valence-corrected chi connectivity index (χ0v) is 19.8. The number of rotatable bonds is 9. The van der Waals surface area contributed by atoms with Crippen LogP contribution in [0.5, 0.6) is 23.1 Å². The molecule has 192 valence electrons. The second-order valence-corrected chi connectivity index (χ2v) is 8.06. The van der Waals surface area contributed by atoms with Crippen LogP contribution in [0.4, 0.5) is 23.2 Å². The molecule has 1 unspecified atom stereocenters. The minimum atomic E-state index is -4.63. The van der Waals surface area contributed by atoms with Crippen molar-refractivity contribution in [2.24, 2.45) is 0 Å². The molecule has 1 amide bonds. The number of benzene rings is 3. The summed E-state index contributed by atoms with van der Waals surface area (Å²) in [6.07, 6.45) is -8.19. The van der Waals surface area contributed by atoms with E-state index in [-0.39, 0.29) is 23.1 Å². The Hall–Kier alpha value is -4.12. The third-order valence-corrected chi connectivity index (χ3v) is 5.08. The van der Waals surface area contributed by atoms with Crippen LogP contribution in [0.2, 0.25) is 5.02 Å². The molecule has 0 aliphatic heterocycles. The van der Waals surface area contributed by atoms with Gasteiger partial charge in [0.2, 0.25) is 5.88 Å². The number of nitrogens with zero attached hydrogens (tertiary/aromatic N) is 2. The average molecular weight is 536 g/mol. The minimum Gasteiger partial charge on any atom is -0.477 e. The first-order valence-electron chi connectivity index (χ1n) is 10.7. The predicted octanol–water partition coefficient (Wildman–Crippen LogP) is 6.72. The molecule has 0 spiro atoms. The van der Waals surface area contributed by atoms with Crippen molar-refractivity contribution in [2.75, 3.05) is 5.32 Å². The molecular weight excluding hydrogens is 518 g/mol. The lowest BCUT2D eigenvalue weighted by molar-refractivity contribution is -0.253. The van der Waals surface area contributed by atoms with Crippen LogP contribution in [-0.2, 0) is 4.79 Å². The van der Waals surface area contributed by atoms with Gasteiger partial charge in [-0.3, -0.25) is 4.79 Å². The van der Waals surface area contributed by atoms with Crippen LogP contribution in [0.25, 0.3) is 11.0 Å². The van der Waals surface area contributed by atoms with Crippen LogP contribution in [0.1, 0.15) is 6.92 Å². The van der Waals surface area contributed by atoms with Gasteiger partial charge in [0.25, 0.3) is 5.91 Å². The van der Waals surface area contributed by atoms with Gasteiger partial charge in [-0.05, 0) is 61.5 Å². The fourth-order valence-electron chi connectivity index (χ4n) is 3.06. The maximum Gasteiger partial charge on any atom is 0.461 e. The van der Waals surface area contributed by atoms with E-state index in [1.54, 1.807) is 42.5 Å². The normalized spacial score (nSPS) is 12.3. The number of carbonyl (C=O) groups is 1. The van der Waals surface area contributed by atoms with E-state index in [0.29, 0.717) is 16.1 Å². The molecule has 0 radical (unpaired) electrons. The van der Waals surface area contributed by atoms with E-state index in [1.165, 1.54) is 25.3 Å². The maximum atomic E-state index is 13.0. The molecule has 37 heavy (non-hydrogen) atoms. The lowest BCUT2D eigenvalue weighted by Gasteiger charge is -2.18. The molecule has 4 rings (SSSR count). The molecule has 1 N–H and O–H groups in total. The number of nitrogens with one attached hydrogen (secondary N) is 1. The lowest BCUT2D eigenvalue weighted by atomic mass is 10.2. The third-order valence-electron chi connectivity index (χ3n) is 4.85. The number of carbonyl (C=O) groups excluding carboxylic acids is 1. The molecule has 0 aliphatic rings. The second kappa shape index (κ2) is 10.9. The van der Waals surface area contributed by atoms with Crippen LogP contribution in [0, 0.1) is 0 Å². The van der Waals surface area contributed by atoms with Crippen molar-refractivity contribution >= 4 is 34.2 Å². The van der Waals surface area contributed by atoms with Gasteiger partial charge in [0.15, 0.2) is 17.6 Å². The number of alkyl halides is 4. The molecular formula is C25H18ClF4N3O4. The number of aromatic nitrogens is 2. The first kappa shape index (κ1) is 26.0. The summed E-state index contributed by atoms with van der Waals surface area (Å²) in [6, 6.07) is 16.2. The van der Waals surface area contributed by atoms with Crippen LogP contribution in [-0.4, -0.2) is 34.5 Å². The average Bonchev–Trinajstić information content (AvgIpc) is 2.86. The number of hydrogen-bond donors (Lipinski definition) is 1. The Morgan fingerprint density at radius 2 is 1.70 bits per heavy atom. The standard InChI is InChI=1S/C25H18ClF4N3O4/c1-14(23(34)32-16-7-9-17(10-8-16)37-25(29,30)24(27)28)35-20-4-2-3-5-21(20)36-22-13-31-19-12-15(26)6-11-18(19)33-22/h2-14,24H,1H3,(H,32,34). The number of anilines is 1. The fourth-order valence-corrected chi connectivity index (χ4v) is 3.22. The SMILES string of the molecule is CC(Oc1ccccc1Oc1cnc2cc(Cl)ccc2n1)C(=O)Nc1ccc(OC(F)(F)C(F)F)cc1. The van der Waals surface area contributed by atoms with Crippen LogP contribution in [0.15, 0.2) is 72.9 Å². The van der Waals surface area contributed by atoms with E-state index < -0.39 is 30.3 Å². The highest BCUT2D eigenvalue weighted by molar-refractivity contribution is 6.31. The lowest BCUT2D eigenvalue weighted by Crippen LogP contribution is -2.33. The minimum absolute atomic E-state index is 0.197. The molecule has 0 saturated heterocycles. The fraction of sp³-hybridized carbons (Fsp3) is 0.160. The summed E-state index contributed by atoms with van der Waals surface area (Å²) in [4.78, 5) is 21.3. The number of fused-ring (bicyclic) bond motifs is 1. The van der Waals surface area contributed by atoms with Crippen molar-refractivity contribution in [3.05, 3.63) is 77.9 Å². The number of amides is 1. The van der Waals surface area contributed by atoms with E-state index in [0.717, 1.165) is 12.1 Å². The van der Waals surface area contributed by atoms with E-state index in [4.69, 9.17) is 21.1 Å². The third kappa shape index (κ3) is 6.56. The summed E-state index contributed by atoms with van der Waals surface area (Å²) in [6.45, 7) is 1.49. The van der Waals surface area contributed by atoms with E-state index in [9.17, 15) is 22.4 Å². The first-order chi connectivity index (χ1) is 17.6. The Bertz CT molecular complexity index is 1410. The Morgan fingerprint density at radius 1 is 1.00 bits per heavy atom. The van der Waals surface area contributed by atoms with E-state index in [1.807, 2.05) is 0 Å². The summed E-state index contributed by atoms with van der Waals surface area (Å²) < 4.78 is 66.2. The molecule has 3 aromatic carbocycles. The van der Waals surface area contributed by atoms with Crippen molar-refractivity contribution in [3.63, 3.8) is 0 Å². The second-order valence-electron chi connectivity index (χ2n) is 7.63. The topological polar surface area (TPSA) is 82.6 Å². The molecule has 4 aromatic rings. The van der Waals surface area contributed by atoms with Crippen molar-refractivity contribution in [2.45, 2.75) is 25.6 Å². The maximum absolute atomic E-state index is 13.0. The van der Waals surface area contributed by atoms with E-state index in [2.05, 4.69) is 20.0 Å². The molecule has 1 heterocycles. The smallest absolute Gasteiger partial charge is 0.461 e. The Labute approximate surface area is 213 Å². The van der Waals surface area contributed by atoms with Crippen molar-refractivity contribution in [1.29, 1.82) is 0 Å². The van der Waals surface area contributed by atoms with E-state index >= 15 is 0 Å². The Kier molecular flexibility index (Phi) is 7.63. The number of hydrogen-bond acceptors (Lipinski definition) is 6. The molecule has 0 bridgehead atoms. The van der Waals surface area contributed by atoms with Crippen LogP contribution < -0.4 is 19.5 Å². The largest absolute Gasteiger partial charge is 0.477 e. The van der Waals surface area contributed by atoms with Gasteiger partial charge in [-0.15, -0.1) is 0 Å². The van der Waals surface area contributed by atoms with Crippen LogP contribution >= 0.6 is 11.6 Å². The molecule has 1 atom stereocenters. The van der Waals surface area contributed by atoms with Crippen LogP contribution in [0.3, 0.4) is 0 Å². The van der Waals surface area contributed by atoms with Gasteiger partial charge in [-0.25, -0.2) is 9.97 Å². The van der Waals surface area contributed by atoms with Gasteiger partial charge >= 0.3 is 12.5 Å². The first-order valence-corrected chi connectivity index (χ1v) is 11.1. The van der Waals surface area contributed by atoms with Gasteiger partial charge in [0.1, 0.15) is 5.75 Å². The summed E-state index contributed by atoms with van der Waals surface area (Å²) in [7, 11) is 0. The molecule has 12 heteroatoms. The van der Waals surface area contributed by atoms with Gasteiger partial charge < -0.3 is 19.5 Å². The highest BCUT2D eigenvalue weighted by Crippen LogP contribution is 2.32. The summed E-state index contributed by atoms with van der Waals surface area (Å²) in [5, 5.41) is 3.07. The van der Waals surface area contributed by atoms with Crippen molar-refractivity contribution in [3.8, 4) is 23.1 Å². The number of halogens is 5. The Morgan fingerprint density at radius 3 is 2.41 bits per heavy atom. The quantitative estimate of drug-likeness (QED) is 0.240. The van der Waals surface area contributed by atoms with Gasteiger partial charge in [-0.1, -0.05) is 23.7 Å². The monoisotopic (exact) mass is 535 g/mol. The molecule has 0 aliphatic carbocycles. The van der Waals surface area contributed by atoms with Crippen molar-refractivity contribution < 1.29 is 36.6 Å². The predicted molar refractivity (Wildman–Crippen MR) is 128 cm³/mol.